The van der Waals surface area contributed by atoms with Gasteiger partial charge in [0.15, 0.2) is 0 Å². The van der Waals surface area contributed by atoms with Gasteiger partial charge >= 0.3 is 0 Å². The third kappa shape index (κ3) is 0.808. The van der Waals surface area contributed by atoms with Crippen LogP contribution in [0.5, 0.6) is 5.75 Å². The smallest absolute Gasteiger partial charge is 0.118 e. The van der Waals surface area contributed by atoms with Gasteiger partial charge < -0.3 is 5.11 Å². The van der Waals surface area contributed by atoms with E-state index in [9.17, 15) is 0 Å². The van der Waals surface area contributed by atoms with Crippen molar-refractivity contribution in [2.45, 2.75) is 6.92 Å². The van der Waals surface area contributed by atoms with E-state index in [1.165, 1.54) is 0 Å². The molecule has 0 amide bonds. The molecule has 0 atom stereocenters. The zero-order valence-electron chi connectivity index (χ0n) is 4.76. The molecule has 0 aliphatic carbocycles. The molecule has 0 aliphatic rings. The van der Waals surface area contributed by atoms with Crippen molar-refractivity contribution in [1.82, 2.24) is 0 Å². The number of benzene rings is 1. The second-order valence-corrected chi connectivity index (χ2v) is 1.79. The molecule has 42 valence electrons. The van der Waals surface area contributed by atoms with Crippen LogP contribution in [0.2, 0.25) is 0 Å². The highest BCUT2D eigenvalue weighted by Gasteiger charge is 1.86. The third-order valence-electron chi connectivity index (χ3n) is 1.12. The van der Waals surface area contributed by atoms with Crippen molar-refractivity contribution >= 4 is 0 Å². The number of hydrogen-bond acceptors (Lipinski definition) is 1. The lowest BCUT2D eigenvalue weighted by Crippen LogP contribution is -1.68. The molecule has 1 heteroatoms. The average molecular weight is 114 g/mol. The summed E-state index contributed by atoms with van der Waals surface area (Å²) in [6.45, 7) is 1.87. The van der Waals surface area contributed by atoms with E-state index in [1.807, 2.05) is 25.1 Å². The van der Waals surface area contributed by atoms with Crippen molar-refractivity contribution in [3.8, 4) is 5.75 Å². The predicted molar refractivity (Wildman–Crippen MR) is 32.8 cm³/mol. The molecular formula is C7H8O. The quantitative estimate of drug-likeness (QED) is 0.544. The Bertz CT molecular complexity index is 160. The maximum absolute atomic E-state index is 8.92. The normalized spacial score (nSPS) is 9.12. The van der Waals surface area contributed by atoms with Crippen LogP contribution in [-0.4, -0.2) is 5.11 Å². The molecule has 0 radical (unpaired) electrons. The highest BCUT2D eigenvalue weighted by Crippen LogP contribution is 2.12. The molecule has 1 aromatic carbocycles. The van der Waals surface area contributed by atoms with Crippen molar-refractivity contribution in [2.75, 3.05) is 0 Å². The van der Waals surface area contributed by atoms with E-state index >= 15 is 0 Å². The lowest BCUT2D eigenvalue weighted by atomic mass is 11.0. The first-order valence-electron chi connectivity index (χ1n) is 2.55. The Morgan fingerprint density at radius 2 is 1.88 bits per heavy atom. The topological polar surface area (TPSA) is 20.2 Å². The van der Waals surface area contributed by atoms with Crippen LogP contribution in [0.1, 0.15) is 5.56 Å². The van der Waals surface area contributed by atoms with Crippen molar-refractivity contribution in [3.63, 3.8) is 0 Å². The molecule has 0 aliphatic heterocycles. The fourth-order valence-electron chi connectivity index (χ4n) is 0.563. The van der Waals surface area contributed by atoms with Crippen LogP contribution in [0.4, 0.5) is 0 Å². The van der Waals surface area contributed by atoms with Crippen LogP contribution >= 0.6 is 0 Å². The van der Waals surface area contributed by atoms with E-state index in [0.717, 1.165) is 5.56 Å². The van der Waals surface area contributed by atoms with E-state index in [1.54, 1.807) is 6.07 Å². The average Bonchev–Trinajstić information content (AvgIpc) is 1.77. The summed E-state index contributed by atoms with van der Waals surface area (Å²) in [6, 6.07) is 7.25. The minimum Gasteiger partial charge on any atom is -0.508 e. The Kier molecular flexibility index (Phi) is 1.20. The first-order chi connectivity index (χ1) is 3.80. The maximum atomic E-state index is 8.92. The molecule has 8 heavy (non-hydrogen) atoms. The zero-order chi connectivity index (χ0) is 5.98. The summed E-state index contributed by atoms with van der Waals surface area (Å²) in [5.41, 5.74) is 0.924. The molecule has 0 bridgehead atoms. The first-order valence-corrected chi connectivity index (χ1v) is 2.55. The van der Waals surface area contributed by atoms with Crippen LogP contribution in [0.15, 0.2) is 24.3 Å². The minimum atomic E-state index is 0.368. The Hall–Kier alpha value is -0.980. The van der Waals surface area contributed by atoms with Gasteiger partial charge in [-0.05, 0) is 18.6 Å². The minimum absolute atomic E-state index is 0.368. The third-order valence-corrected chi connectivity index (χ3v) is 1.12. The zero-order valence-corrected chi connectivity index (χ0v) is 4.76. The van der Waals surface area contributed by atoms with Gasteiger partial charge in [-0.2, -0.15) is 0 Å². The molecule has 1 rings (SSSR count). The van der Waals surface area contributed by atoms with E-state index in [0.29, 0.717) is 5.75 Å². The molecule has 1 nitrogen and oxygen atoms in total. The lowest BCUT2D eigenvalue weighted by molar-refractivity contribution is 0.471. The van der Waals surface area contributed by atoms with Crippen LogP contribution in [0.3, 0.4) is 0 Å². The van der Waals surface area contributed by atoms with Gasteiger partial charge in [0.1, 0.15) is 5.75 Å². The first kappa shape index (κ1) is 5.16. The Morgan fingerprint density at radius 3 is 2.25 bits per heavy atom. The maximum Gasteiger partial charge on any atom is 0.118 e. The fourth-order valence-corrected chi connectivity index (χ4v) is 0.563. The lowest BCUT2D eigenvalue weighted by Gasteiger charge is -1.92. The van der Waals surface area contributed by atoms with Gasteiger partial charge in [-0.1, -0.05) is 18.2 Å². The molecule has 0 heterocycles. The summed E-state index contributed by atoms with van der Waals surface area (Å²) in [5.74, 6) is 0.368. The number of aryl methyl sites for hydroxylation is 1. The number of phenolic OH excluding ortho intramolecular Hbond substituents is 1. The second kappa shape index (κ2) is 1.86. The molecule has 0 aromatic heterocycles. The van der Waals surface area contributed by atoms with Crippen molar-refractivity contribution in [1.29, 1.82) is 0 Å². The summed E-state index contributed by atoms with van der Waals surface area (Å²) in [6.07, 6.45) is 0. The van der Waals surface area contributed by atoms with Gasteiger partial charge in [0.2, 0.25) is 0 Å². The molecule has 0 unspecified atom stereocenters. The number of aromatic hydroxyl groups is 1. The molecule has 0 spiro atoms. The highest BCUT2D eigenvalue weighted by atomic mass is 16.3. The van der Waals surface area contributed by atoms with Crippen LogP contribution in [-0.2, 0) is 0 Å². The Morgan fingerprint density at radius 1 is 1.25 bits per heavy atom. The predicted octanol–water partition coefficient (Wildman–Crippen LogP) is 1.70. The van der Waals surface area contributed by atoms with Crippen molar-refractivity contribution < 1.29 is 5.11 Å². The second-order valence-electron chi connectivity index (χ2n) is 1.79. The monoisotopic (exact) mass is 114 g/mol. The summed E-state index contributed by atoms with van der Waals surface area (Å²) < 4.78 is 0. The number of rotatable bonds is 0. The van der Waals surface area contributed by atoms with Crippen molar-refractivity contribution in [3.05, 3.63) is 29.8 Å². The summed E-state index contributed by atoms with van der Waals surface area (Å²) in [4.78, 5) is 0. The molecule has 0 saturated heterocycles. The molecule has 0 saturated carbocycles. The summed E-state index contributed by atoms with van der Waals surface area (Å²) >= 11 is 0. The van der Waals surface area contributed by atoms with Gasteiger partial charge in [0.05, 0.1) is 0 Å². The van der Waals surface area contributed by atoms with Crippen LogP contribution in [0.25, 0.3) is 0 Å². The van der Waals surface area contributed by atoms with Crippen LogP contribution < -0.4 is 0 Å². The SMILES string of the molecule is C[13c]1[13cH][13cH][13cH][13cH][13c]1O. The largest absolute Gasteiger partial charge is 0.508 e. The van der Waals surface area contributed by atoms with Crippen molar-refractivity contribution in [2.24, 2.45) is 0 Å². The number of phenols is 1. The molecule has 0 fully saturated rings. The van der Waals surface area contributed by atoms with Gasteiger partial charge in [-0.3, -0.25) is 0 Å². The standard InChI is InChI=1S/C7H8O/c1-6-4-2-3-5-7(6)8/h2-5,8H,1H3/i2+1,3+1,4+1,5+1,6+1,7+1. The molecular weight excluding hydrogens is 106 g/mol. The van der Waals surface area contributed by atoms with Gasteiger partial charge in [-0.25, -0.2) is 0 Å². The van der Waals surface area contributed by atoms with E-state index in [2.05, 4.69) is 0 Å². The number of para-hydroxylation sites is 1. The Balaban J connectivity index is 3.13. The highest BCUT2D eigenvalue weighted by molar-refractivity contribution is 5.29. The van der Waals surface area contributed by atoms with E-state index < -0.39 is 0 Å². The van der Waals surface area contributed by atoms with Gasteiger partial charge in [0.25, 0.3) is 0 Å². The van der Waals surface area contributed by atoms with Crippen LogP contribution in [0, 0.1) is 6.92 Å². The fraction of sp³-hybridized carbons (Fsp3) is 0.143. The van der Waals surface area contributed by atoms with Gasteiger partial charge in [0, 0.05) is 0 Å². The molecule has 1 N–H and O–H groups in total. The number of hydrogen-bond donors (Lipinski definition) is 1. The Labute approximate surface area is 48.6 Å². The van der Waals surface area contributed by atoms with E-state index in [-0.39, 0.29) is 0 Å². The molecule has 1 aromatic rings. The van der Waals surface area contributed by atoms with E-state index in [4.69, 9.17) is 5.11 Å². The summed E-state index contributed by atoms with van der Waals surface area (Å²) in [5, 5.41) is 8.92. The van der Waals surface area contributed by atoms with Gasteiger partial charge in [-0.15, -0.1) is 0 Å². The summed E-state index contributed by atoms with van der Waals surface area (Å²) in [7, 11) is 0.